The first-order valence-corrected chi connectivity index (χ1v) is 13.7. The molecule has 0 heteroatoms. The van der Waals surface area contributed by atoms with E-state index in [1.807, 2.05) is 0 Å². The van der Waals surface area contributed by atoms with Crippen LogP contribution in [0.2, 0.25) is 0 Å². The van der Waals surface area contributed by atoms with Gasteiger partial charge < -0.3 is 1.43 Å². The van der Waals surface area contributed by atoms with Crippen molar-refractivity contribution < 1.29 is 1.43 Å². The maximum atomic E-state index is 2.27. The van der Waals surface area contributed by atoms with Crippen molar-refractivity contribution in [3.8, 4) is 11.1 Å². The van der Waals surface area contributed by atoms with Gasteiger partial charge in [-0.2, -0.15) is 0 Å². The Kier molecular flexibility index (Phi) is 7.60. The highest BCUT2D eigenvalue weighted by molar-refractivity contribution is 5.92. The van der Waals surface area contributed by atoms with E-state index >= 15 is 0 Å². The molecule has 0 saturated carbocycles. The van der Waals surface area contributed by atoms with Gasteiger partial charge in [0.1, 0.15) is 0 Å². The minimum atomic E-state index is 0. The zero-order chi connectivity index (χ0) is 27.0. The molecule has 6 aromatic rings. The van der Waals surface area contributed by atoms with Crippen molar-refractivity contribution in [2.75, 3.05) is 0 Å². The van der Waals surface area contributed by atoms with Crippen LogP contribution >= 0.6 is 0 Å². The number of benzene rings is 6. The van der Waals surface area contributed by atoms with E-state index in [4.69, 9.17) is 0 Å². The van der Waals surface area contributed by atoms with E-state index in [0.717, 1.165) is 0 Å². The molecule has 40 heavy (non-hydrogen) atoms. The fourth-order valence-electron chi connectivity index (χ4n) is 5.01. The number of hydrogen-bond donors (Lipinski definition) is 0. The van der Waals surface area contributed by atoms with Crippen LogP contribution in [0.3, 0.4) is 0 Å². The summed E-state index contributed by atoms with van der Waals surface area (Å²) in [6.45, 7) is 0. The largest absolute Gasteiger partial charge is 1.00 e. The first-order chi connectivity index (χ1) is 19.8. The average molecular weight is 513 g/mol. The van der Waals surface area contributed by atoms with E-state index in [-0.39, 0.29) is 1.43 Å². The average Bonchev–Trinajstić information content (AvgIpc) is 3.05. The van der Waals surface area contributed by atoms with Crippen molar-refractivity contribution in [3.63, 3.8) is 0 Å². The second-order valence-corrected chi connectivity index (χ2v) is 9.82. The summed E-state index contributed by atoms with van der Waals surface area (Å²) < 4.78 is 0. The molecule has 0 N–H and O–H groups in total. The summed E-state index contributed by atoms with van der Waals surface area (Å²) in [7, 11) is 0. The maximum Gasteiger partial charge on any atom is -0.0105 e. The lowest BCUT2D eigenvalue weighted by atomic mass is 9.94. The molecule has 6 rings (SSSR count). The number of rotatable bonds is 7. The molecule has 0 bridgehead atoms. The second-order valence-electron chi connectivity index (χ2n) is 9.82. The first kappa shape index (κ1) is 25.1. The zero-order valence-corrected chi connectivity index (χ0v) is 22.3. The highest BCUT2D eigenvalue weighted by atomic mass is 14.1. The Morgan fingerprint density at radius 1 is 0.300 bits per heavy atom. The summed E-state index contributed by atoms with van der Waals surface area (Å²) in [5.41, 5.74) is 12.1. The van der Waals surface area contributed by atoms with Gasteiger partial charge >= 0.3 is 0 Å². The Hall–Kier alpha value is -5.20. The maximum absolute atomic E-state index is 2.27. The predicted molar refractivity (Wildman–Crippen MR) is 173 cm³/mol. The third-order valence-corrected chi connectivity index (χ3v) is 7.12. The lowest BCUT2D eigenvalue weighted by molar-refractivity contribution is 1.54. The standard InChI is InChI=1S/C40H30.H/c1-5-13-35(14-6-1)39(36-15-7-2-8-16-36)29-31-21-25-33(26-22-31)34-27-23-32(24-28-34)30-40(37-17-9-3-10-18-37)38-19-11-4-12-20-38;/h1-30H;/q;-1/i;1+1. The summed E-state index contributed by atoms with van der Waals surface area (Å²) in [4.78, 5) is 0. The summed E-state index contributed by atoms with van der Waals surface area (Å²) in [6, 6.07) is 60.0. The molecule has 0 heterocycles. The monoisotopic (exact) mass is 512 g/mol. The zero-order valence-electron chi connectivity index (χ0n) is 23.3. The van der Waals surface area contributed by atoms with E-state index in [2.05, 4.69) is 182 Å². The predicted octanol–water partition coefficient (Wildman–Crippen LogP) is 10.6. The van der Waals surface area contributed by atoms with Crippen LogP contribution in [-0.2, 0) is 0 Å². The van der Waals surface area contributed by atoms with Crippen molar-refractivity contribution in [3.05, 3.63) is 203 Å². The smallest absolute Gasteiger partial charge is 0.0105 e. The highest BCUT2D eigenvalue weighted by Crippen LogP contribution is 2.29. The Balaban J connectivity index is 0.00000337. The fraction of sp³-hybridized carbons (Fsp3) is 0. The van der Waals surface area contributed by atoms with Gasteiger partial charge in [0.15, 0.2) is 0 Å². The SMILES string of the molecule is C(=C(c1ccccc1)c1ccccc1)c1ccc(-c2ccc(C=C(c3ccccc3)c3ccccc3)cc2)cc1.[2H-]. The van der Waals surface area contributed by atoms with Crippen molar-refractivity contribution >= 4 is 23.3 Å². The van der Waals surface area contributed by atoms with Gasteiger partial charge in [-0.05, 0) is 67.8 Å². The normalized spacial score (nSPS) is 10.5. The highest BCUT2D eigenvalue weighted by Gasteiger charge is 2.07. The molecule has 0 spiro atoms. The van der Waals surface area contributed by atoms with Crippen molar-refractivity contribution in [1.82, 2.24) is 0 Å². The molecule has 0 amide bonds. The third kappa shape index (κ3) is 5.93. The van der Waals surface area contributed by atoms with Gasteiger partial charge in [0.25, 0.3) is 0 Å². The van der Waals surface area contributed by atoms with E-state index in [1.165, 1.54) is 55.7 Å². The van der Waals surface area contributed by atoms with Crippen LogP contribution in [0.4, 0.5) is 0 Å². The molecule has 0 unspecified atom stereocenters. The number of hydrogen-bond acceptors (Lipinski definition) is 0. The topological polar surface area (TPSA) is 0 Å². The molecule has 0 aliphatic carbocycles. The van der Waals surface area contributed by atoms with Crippen LogP contribution < -0.4 is 0 Å². The van der Waals surface area contributed by atoms with Crippen LogP contribution in [0, 0.1) is 0 Å². The quantitative estimate of drug-likeness (QED) is 0.187. The Morgan fingerprint density at radius 3 is 0.800 bits per heavy atom. The molecule has 0 saturated heterocycles. The van der Waals surface area contributed by atoms with Crippen LogP contribution in [-0.4, -0.2) is 0 Å². The minimum Gasteiger partial charge on any atom is -1.00 e. The lowest BCUT2D eigenvalue weighted by Gasteiger charge is -2.10. The van der Waals surface area contributed by atoms with E-state index in [1.54, 1.807) is 0 Å². The van der Waals surface area contributed by atoms with Gasteiger partial charge in [-0.1, -0.05) is 170 Å². The summed E-state index contributed by atoms with van der Waals surface area (Å²) in [6.07, 6.45) is 4.55. The summed E-state index contributed by atoms with van der Waals surface area (Å²) in [5, 5.41) is 0. The summed E-state index contributed by atoms with van der Waals surface area (Å²) >= 11 is 0. The first-order valence-electron chi connectivity index (χ1n) is 13.7. The van der Waals surface area contributed by atoms with Gasteiger partial charge in [0.2, 0.25) is 0 Å². The molecular weight excluding hydrogens is 480 g/mol. The van der Waals surface area contributed by atoms with Crippen LogP contribution in [0.25, 0.3) is 34.4 Å². The Labute approximate surface area is 238 Å². The van der Waals surface area contributed by atoms with E-state index in [9.17, 15) is 0 Å². The third-order valence-electron chi connectivity index (χ3n) is 7.12. The molecule has 0 aliphatic heterocycles. The van der Waals surface area contributed by atoms with E-state index in [0.29, 0.717) is 0 Å². The van der Waals surface area contributed by atoms with Crippen molar-refractivity contribution in [2.45, 2.75) is 0 Å². The van der Waals surface area contributed by atoms with Crippen LogP contribution in [0.1, 0.15) is 34.8 Å². The molecular formula is C40H31-. The fourth-order valence-corrected chi connectivity index (χ4v) is 5.01. The molecule has 0 aromatic heterocycles. The van der Waals surface area contributed by atoms with Gasteiger partial charge in [-0.15, -0.1) is 0 Å². The van der Waals surface area contributed by atoms with E-state index < -0.39 is 0 Å². The molecule has 0 nitrogen and oxygen atoms in total. The molecule has 0 radical (unpaired) electrons. The molecule has 192 valence electrons. The summed E-state index contributed by atoms with van der Waals surface area (Å²) in [5.74, 6) is 0. The van der Waals surface area contributed by atoms with Crippen LogP contribution in [0.5, 0.6) is 0 Å². The van der Waals surface area contributed by atoms with Gasteiger partial charge in [0.05, 0.1) is 0 Å². The molecule has 0 aliphatic rings. The van der Waals surface area contributed by atoms with Gasteiger partial charge in [0, 0.05) is 0 Å². The Morgan fingerprint density at radius 2 is 0.550 bits per heavy atom. The Bertz CT molecular complexity index is 1500. The van der Waals surface area contributed by atoms with Gasteiger partial charge in [-0.3, -0.25) is 0 Å². The van der Waals surface area contributed by atoms with Crippen molar-refractivity contribution in [2.24, 2.45) is 0 Å². The second kappa shape index (κ2) is 12.1. The van der Waals surface area contributed by atoms with Gasteiger partial charge in [-0.25, -0.2) is 0 Å². The van der Waals surface area contributed by atoms with Crippen molar-refractivity contribution in [1.29, 1.82) is 0 Å². The molecule has 0 fully saturated rings. The minimum absolute atomic E-state index is 0. The van der Waals surface area contributed by atoms with Crippen LogP contribution in [0.15, 0.2) is 170 Å². The molecule has 6 aromatic carbocycles. The molecule has 0 atom stereocenters. The lowest BCUT2D eigenvalue weighted by Crippen LogP contribution is -1.88.